The molecule has 0 spiro atoms. The molecule has 0 aromatic heterocycles. The third-order valence-corrected chi connectivity index (χ3v) is 2.64. The fraction of sp³-hybridized carbons (Fsp3) is 0.417. The molecule has 1 aliphatic carbocycles. The average Bonchev–Trinajstić information content (AvgIpc) is 2.98. The van der Waals surface area contributed by atoms with Crippen LogP contribution in [0.5, 0.6) is 0 Å². The number of hydrogen-bond donors (Lipinski definition) is 1. The largest absolute Gasteiger partial charge is 0.385 e. The Morgan fingerprint density at radius 3 is 2.86 bits per heavy atom. The Labute approximate surface area is 84.6 Å². The quantitative estimate of drug-likeness (QED) is 0.787. The van der Waals surface area contributed by atoms with Crippen LogP contribution in [0.1, 0.15) is 24.0 Å². The maximum Gasteiger partial charge on any atom is 0.0994 e. The highest BCUT2D eigenvalue weighted by atomic mass is 14.9. The van der Waals surface area contributed by atoms with E-state index >= 15 is 0 Å². The third-order valence-electron chi connectivity index (χ3n) is 2.64. The summed E-state index contributed by atoms with van der Waals surface area (Å²) in [7, 11) is 0. The smallest absolute Gasteiger partial charge is 0.0994 e. The van der Waals surface area contributed by atoms with Crippen molar-refractivity contribution in [1.29, 1.82) is 5.26 Å². The predicted octanol–water partition coefficient (Wildman–Crippen LogP) is 2.69. The van der Waals surface area contributed by atoms with Crippen LogP contribution in [-0.2, 0) is 0 Å². The molecule has 0 amide bonds. The van der Waals surface area contributed by atoms with Gasteiger partial charge in [-0.3, -0.25) is 0 Å². The first-order valence-corrected chi connectivity index (χ1v) is 5.04. The molecule has 1 aliphatic rings. The summed E-state index contributed by atoms with van der Waals surface area (Å²) in [6.07, 6.45) is 2.73. The molecular weight excluding hydrogens is 172 g/mol. The van der Waals surface area contributed by atoms with Gasteiger partial charge in [0.05, 0.1) is 11.6 Å². The lowest BCUT2D eigenvalue weighted by Gasteiger charge is -2.06. The Morgan fingerprint density at radius 1 is 1.50 bits per heavy atom. The molecule has 0 radical (unpaired) electrons. The van der Waals surface area contributed by atoms with Gasteiger partial charge in [0.15, 0.2) is 0 Å². The van der Waals surface area contributed by atoms with E-state index in [1.165, 1.54) is 12.8 Å². The Kier molecular flexibility index (Phi) is 2.41. The van der Waals surface area contributed by atoms with Gasteiger partial charge in [-0.2, -0.15) is 5.26 Å². The van der Waals surface area contributed by atoms with Gasteiger partial charge in [0.25, 0.3) is 0 Å². The first-order valence-electron chi connectivity index (χ1n) is 5.04. The van der Waals surface area contributed by atoms with E-state index in [0.29, 0.717) is 0 Å². The minimum Gasteiger partial charge on any atom is -0.385 e. The normalized spacial score (nSPS) is 14.9. The number of aryl methyl sites for hydroxylation is 1. The summed E-state index contributed by atoms with van der Waals surface area (Å²) in [6, 6.07) is 8.07. The number of hydrogen-bond acceptors (Lipinski definition) is 2. The lowest BCUT2D eigenvalue weighted by atomic mass is 10.1. The number of nitrogens with one attached hydrogen (secondary N) is 1. The second-order valence-corrected chi connectivity index (χ2v) is 3.97. The highest BCUT2D eigenvalue weighted by Gasteiger charge is 2.20. The van der Waals surface area contributed by atoms with Crippen molar-refractivity contribution in [2.75, 3.05) is 11.9 Å². The van der Waals surface area contributed by atoms with Crippen LogP contribution in [0, 0.1) is 24.2 Å². The molecule has 2 nitrogen and oxygen atoms in total. The van der Waals surface area contributed by atoms with Crippen LogP contribution in [0.3, 0.4) is 0 Å². The molecule has 2 rings (SSSR count). The molecule has 0 unspecified atom stereocenters. The summed E-state index contributed by atoms with van der Waals surface area (Å²) >= 11 is 0. The predicted molar refractivity (Wildman–Crippen MR) is 57.1 cm³/mol. The SMILES string of the molecule is Cc1cc(NCC2CC2)ccc1C#N. The second-order valence-electron chi connectivity index (χ2n) is 3.97. The van der Waals surface area contributed by atoms with Crippen LogP contribution in [0.25, 0.3) is 0 Å². The van der Waals surface area contributed by atoms with Gasteiger partial charge in [0.1, 0.15) is 0 Å². The molecule has 14 heavy (non-hydrogen) atoms. The van der Waals surface area contributed by atoms with Gasteiger partial charge in [-0.05, 0) is 49.4 Å². The molecule has 72 valence electrons. The van der Waals surface area contributed by atoms with Gasteiger partial charge in [0, 0.05) is 12.2 Å². The number of nitriles is 1. The molecule has 2 heteroatoms. The standard InChI is InChI=1S/C12H14N2/c1-9-6-12(5-4-11(9)7-13)14-8-10-2-3-10/h4-6,10,14H,2-3,8H2,1H3. The molecule has 1 aromatic rings. The first-order chi connectivity index (χ1) is 6.79. The maximum atomic E-state index is 8.77. The minimum atomic E-state index is 0.766. The van der Waals surface area contributed by atoms with E-state index in [1.54, 1.807) is 0 Å². The third kappa shape index (κ3) is 2.05. The molecule has 1 saturated carbocycles. The molecule has 0 bridgehead atoms. The van der Waals surface area contributed by atoms with Crippen LogP contribution >= 0.6 is 0 Å². The van der Waals surface area contributed by atoms with Gasteiger partial charge in [0.2, 0.25) is 0 Å². The van der Waals surface area contributed by atoms with Crippen molar-refractivity contribution in [2.45, 2.75) is 19.8 Å². The van der Waals surface area contributed by atoms with Crippen molar-refractivity contribution >= 4 is 5.69 Å². The van der Waals surface area contributed by atoms with Crippen molar-refractivity contribution in [3.05, 3.63) is 29.3 Å². The minimum absolute atomic E-state index is 0.766. The zero-order valence-corrected chi connectivity index (χ0v) is 8.38. The monoisotopic (exact) mass is 186 g/mol. The molecular formula is C12H14N2. The van der Waals surface area contributed by atoms with Gasteiger partial charge in [-0.1, -0.05) is 0 Å². The lowest BCUT2D eigenvalue weighted by molar-refractivity contribution is 0.889. The first kappa shape index (κ1) is 9.08. The van der Waals surface area contributed by atoms with Crippen molar-refractivity contribution in [3.63, 3.8) is 0 Å². The summed E-state index contributed by atoms with van der Waals surface area (Å²) in [5, 5.41) is 12.2. The van der Waals surface area contributed by atoms with E-state index in [2.05, 4.69) is 11.4 Å². The van der Waals surface area contributed by atoms with Crippen LogP contribution < -0.4 is 5.32 Å². The maximum absolute atomic E-state index is 8.77. The van der Waals surface area contributed by atoms with Crippen LogP contribution in [0.4, 0.5) is 5.69 Å². The van der Waals surface area contributed by atoms with Gasteiger partial charge >= 0.3 is 0 Å². The van der Waals surface area contributed by atoms with E-state index < -0.39 is 0 Å². The lowest BCUT2D eigenvalue weighted by Crippen LogP contribution is -2.03. The Hall–Kier alpha value is -1.49. The molecule has 1 N–H and O–H groups in total. The Bertz CT molecular complexity index is 372. The van der Waals surface area contributed by atoms with Crippen LogP contribution in [0.2, 0.25) is 0 Å². The summed E-state index contributed by atoms with van der Waals surface area (Å²) in [5.74, 6) is 0.881. The highest BCUT2D eigenvalue weighted by molar-refractivity contribution is 5.51. The number of anilines is 1. The molecule has 0 atom stereocenters. The second kappa shape index (κ2) is 3.71. The Morgan fingerprint density at radius 2 is 2.29 bits per heavy atom. The number of nitrogens with zero attached hydrogens (tertiary/aromatic N) is 1. The number of benzene rings is 1. The van der Waals surface area contributed by atoms with E-state index in [9.17, 15) is 0 Å². The fourth-order valence-electron chi connectivity index (χ4n) is 1.48. The van der Waals surface area contributed by atoms with Crippen molar-refractivity contribution in [2.24, 2.45) is 5.92 Å². The van der Waals surface area contributed by atoms with E-state index in [4.69, 9.17) is 5.26 Å². The van der Waals surface area contributed by atoms with Gasteiger partial charge in [-0.15, -0.1) is 0 Å². The zero-order chi connectivity index (χ0) is 9.97. The van der Waals surface area contributed by atoms with E-state index in [1.807, 2.05) is 25.1 Å². The summed E-state index contributed by atoms with van der Waals surface area (Å²) in [6.45, 7) is 3.05. The summed E-state index contributed by atoms with van der Waals surface area (Å²) in [4.78, 5) is 0. The van der Waals surface area contributed by atoms with E-state index in [0.717, 1.165) is 29.3 Å². The van der Waals surface area contributed by atoms with Crippen molar-refractivity contribution < 1.29 is 0 Å². The molecule has 0 aliphatic heterocycles. The summed E-state index contributed by atoms with van der Waals surface area (Å²) < 4.78 is 0. The topological polar surface area (TPSA) is 35.8 Å². The van der Waals surface area contributed by atoms with E-state index in [-0.39, 0.29) is 0 Å². The molecule has 0 saturated heterocycles. The molecule has 1 aromatic carbocycles. The van der Waals surface area contributed by atoms with Gasteiger partial charge < -0.3 is 5.32 Å². The highest BCUT2D eigenvalue weighted by Crippen LogP contribution is 2.29. The van der Waals surface area contributed by atoms with Crippen molar-refractivity contribution in [1.82, 2.24) is 0 Å². The van der Waals surface area contributed by atoms with Crippen molar-refractivity contribution in [3.8, 4) is 6.07 Å². The summed E-state index contributed by atoms with van der Waals surface area (Å²) in [5.41, 5.74) is 2.95. The molecule has 1 fully saturated rings. The van der Waals surface area contributed by atoms with Crippen LogP contribution in [-0.4, -0.2) is 6.54 Å². The Balaban J connectivity index is 2.03. The fourth-order valence-corrected chi connectivity index (χ4v) is 1.48. The average molecular weight is 186 g/mol. The molecule has 0 heterocycles. The van der Waals surface area contributed by atoms with Crippen LogP contribution in [0.15, 0.2) is 18.2 Å². The number of rotatable bonds is 3. The zero-order valence-electron chi connectivity index (χ0n) is 8.38. The van der Waals surface area contributed by atoms with Gasteiger partial charge in [-0.25, -0.2) is 0 Å².